The van der Waals surface area contributed by atoms with E-state index in [1.807, 2.05) is 26.0 Å². The maximum atomic E-state index is 14.2. The van der Waals surface area contributed by atoms with Crippen molar-refractivity contribution in [3.8, 4) is 5.69 Å². The number of nitrogens with one attached hydrogen (secondary N) is 1. The average Bonchev–Trinajstić information content (AvgIpc) is 3.56. The van der Waals surface area contributed by atoms with E-state index in [4.69, 9.17) is 0 Å². The van der Waals surface area contributed by atoms with Crippen molar-refractivity contribution < 1.29 is 9.18 Å². The Bertz CT molecular complexity index is 1240. The highest BCUT2D eigenvalue weighted by molar-refractivity contribution is 5.92. The van der Waals surface area contributed by atoms with Crippen molar-refractivity contribution in [1.29, 1.82) is 0 Å². The molecule has 1 amide bonds. The van der Waals surface area contributed by atoms with Crippen LogP contribution in [0, 0.1) is 5.82 Å². The summed E-state index contributed by atoms with van der Waals surface area (Å²) in [5, 5.41) is 6.82. The smallest absolute Gasteiger partial charge is 0.348 e. The molecule has 160 valence electrons. The molecule has 1 heterocycles. The van der Waals surface area contributed by atoms with E-state index in [0.29, 0.717) is 11.6 Å². The minimum atomic E-state index is -0.846. The van der Waals surface area contributed by atoms with Gasteiger partial charge >= 0.3 is 5.69 Å². The van der Waals surface area contributed by atoms with Crippen molar-refractivity contribution in [1.82, 2.24) is 19.7 Å². The molecule has 4 rings (SSSR count). The van der Waals surface area contributed by atoms with Gasteiger partial charge in [-0.3, -0.25) is 14.2 Å². The lowest BCUT2D eigenvalue weighted by Gasteiger charge is -2.13. The molecule has 0 saturated heterocycles. The lowest BCUT2D eigenvalue weighted by atomic mass is 10.0. The third kappa shape index (κ3) is 4.33. The molecule has 0 unspecified atom stereocenters. The van der Waals surface area contributed by atoms with Crippen LogP contribution in [0.3, 0.4) is 0 Å². The number of hydrogen-bond donors (Lipinski definition) is 1. The van der Waals surface area contributed by atoms with Gasteiger partial charge in [0.05, 0.1) is 12.2 Å². The van der Waals surface area contributed by atoms with Crippen LogP contribution in [-0.4, -0.2) is 26.3 Å². The number of rotatable bonds is 6. The molecule has 3 aromatic rings. The van der Waals surface area contributed by atoms with Gasteiger partial charge in [0.15, 0.2) is 0 Å². The number of nitrogens with zero attached hydrogens (tertiary/aromatic N) is 3. The summed E-state index contributed by atoms with van der Waals surface area (Å²) in [6.45, 7) is 3.79. The maximum absolute atomic E-state index is 14.2. The summed E-state index contributed by atoms with van der Waals surface area (Å²) >= 11 is 0. The first-order valence-corrected chi connectivity index (χ1v) is 10.2. The molecular formula is C23H23FN4O3. The highest BCUT2D eigenvalue weighted by Gasteiger charge is 2.27. The Balaban J connectivity index is 1.85. The quantitative estimate of drug-likeness (QED) is 0.662. The summed E-state index contributed by atoms with van der Waals surface area (Å²) in [4.78, 5) is 38.8. The van der Waals surface area contributed by atoms with E-state index in [9.17, 15) is 18.8 Å². The van der Waals surface area contributed by atoms with Gasteiger partial charge in [-0.1, -0.05) is 44.2 Å². The van der Waals surface area contributed by atoms with Crippen LogP contribution in [0.15, 0.2) is 58.1 Å². The van der Waals surface area contributed by atoms with E-state index in [0.717, 1.165) is 27.7 Å². The van der Waals surface area contributed by atoms with Crippen molar-refractivity contribution in [3.05, 3.63) is 92.0 Å². The van der Waals surface area contributed by atoms with Gasteiger partial charge in [-0.2, -0.15) is 9.78 Å². The number of carbonyl (C=O) groups is 1. The molecule has 1 aromatic heterocycles. The molecule has 0 spiro atoms. The fourth-order valence-electron chi connectivity index (χ4n) is 3.24. The second kappa shape index (κ2) is 8.29. The number of carbonyl (C=O) groups excluding carboxylic acids is 1. The Hall–Kier alpha value is -3.55. The summed E-state index contributed by atoms with van der Waals surface area (Å²) in [6.07, 6.45) is 1.68. The molecule has 1 saturated carbocycles. The van der Waals surface area contributed by atoms with Gasteiger partial charge in [0.2, 0.25) is 5.69 Å². The number of amides is 1. The SMILES string of the molecule is CC(C)c1ccc(-n2nc(C(=O)NC3CC3)c(=O)n(Cc3ccccc3F)c2=O)cc1. The molecule has 31 heavy (non-hydrogen) atoms. The molecule has 1 N–H and O–H groups in total. The first kappa shape index (κ1) is 20.7. The molecule has 1 aliphatic carbocycles. The summed E-state index contributed by atoms with van der Waals surface area (Å²) in [5.74, 6) is -0.876. The summed E-state index contributed by atoms with van der Waals surface area (Å²) < 4.78 is 16.1. The zero-order valence-corrected chi connectivity index (χ0v) is 17.3. The van der Waals surface area contributed by atoms with E-state index < -0.39 is 28.7 Å². The Kier molecular flexibility index (Phi) is 5.54. The minimum absolute atomic E-state index is 0.0134. The van der Waals surface area contributed by atoms with Crippen LogP contribution in [0.5, 0.6) is 0 Å². The van der Waals surface area contributed by atoms with Gasteiger partial charge in [-0.15, -0.1) is 0 Å². The van der Waals surface area contributed by atoms with Crippen LogP contribution in [0.2, 0.25) is 0 Å². The largest absolute Gasteiger partial charge is 0.352 e. The molecule has 0 atom stereocenters. The van der Waals surface area contributed by atoms with Crippen LogP contribution in [-0.2, 0) is 6.54 Å². The van der Waals surface area contributed by atoms with Gasteiger partial charge in [0, 0.05) is 11.6 Å². The standard InChI is InChI=1S/C23H23FN4O3/c1-14(2)15-7-11-18(12-8-15)28-23(31)27(13-16-5-3-4-6-19(16)24)22(30)20(26-28)21(29)25-17-9-10-17/h3-8,11-12,14,17H,9-10,13H2,1-2H3,(H,25,29). The highest BCUT2D eigenvalue weighted by atomic mass is 19.1. The van der Waals surface area contributed by atoms with Crippen molar-refractivity contribution in [3.63, 3.8) is 0 Å². The van der Waals surface area contributed by atoms with E-state index in [1.165, 1.54) is 18.2 Å². The van der Waals surface area contributed by atoms with Crippen LogP contribution in [0.4, 0.5) is 4.39 Å². The molecule has 8 heteroatoms. The first-order chi connectivity index (χ1) is 14.8. The van der Waals surface area contributed by atoms with Gasteiger partial charge in [0.1, 0.15) is 5.82 Å². The van der Waals surface area contributed by atoms with Crippen LogP contribution >= 0.6 is 0 Å². The Morgan fingerprint density at radius 2 is 1.81 bits per heavy atom. The Morgan fingerprint density at radius 1 is 1.13 bits per heavy atom. The zero-order valence-electron chi connectivity index (χ0n) is 17.3. The number of aromatic nitrogens is 3. The monoisotopic (exact) mass is 422 g/mol. The maximum Gasteiger partial charge on any atom is 0.352 e. The molecule has 2 aromatic carbocycles. The lowest BCUT2D eigenvalue weighted by Crippen LogP contribution is -2.46. The Labute approximate surface area is 178 Å². The molecule has 1 fully saturated rings. The zero-order chi connectivity index (χ0) is 22.1. The van der Waals surface area contributed by atoms with Crippen LogP contribution in [0.1, 0.15) is 54.2 Å². The van der Waals surface area contributed by atoms with Crippen molar-refractivity contribution in [2.75, 3.05) is 0 Å². The van der Waals surface area contributed by atoms with Gasteiger partial charge in [-0.05, 0) is 42.5 Å². The fraction of sp³-hybridized carbons (Fsp3) is 0.304. The summed E-state index contributed by atoms with van der Waals surface area (Å²) in [7, 11) is 0. The molecular weight excluding hydrogens is 399 g/mol. The summed E-state index contributed by atoms with van der Waals surface area (Å²) in [6, 6.07) is 13.1. The third-order valence-corrected chi connectivity index (χ3v) is 5.28. The van der Waals surface area contributed by atoms with E-state index in [2.05, 4.69) is 10.4 Å². The van der Waals surface area contributed by atoms with Crippen molar-refractivity contribution in [2.24, 2.45) is 0 Å². The number of benzene rings is 2. The second-order valence-electron chi connectivity index (χ2n) is 8.02. The first-order valence-electron chi connectivity index (χ1n) is 10.2. The van der Waals surface area contributed by atoms with Gasteiger partial charge < -0.3 is 5.32 Å². The predicted molar refractivity (Wildman–Crippen MR) is 114 cm³/mol. The highest BCUT2D eigenvalue weighted by Crippen LogP contribution is 2.19. The van der Waals surface area contributed by atoms with Gasteiger partial charge in [0.25, 0.3) is 11.5 Å². The molecule has 0 bridgehead atoms. The number of hydrogen-bond acceptors (Lipinski definition) is 4. The second-order valence-corrected chi connectivity index (χ2v) is 8.02. The van der Waals surface area contributed by atoms with Crippen molar-refractivity contribution in [2.45, 2.75) is 45.2 Å². The van der Waals surface area contributed by atoms with Crippen LogP contribution in [0.25, 0.3) is 5.69 Å². The topological polar surface area (TPSA) is 86.0 Å². The molecule has 1 aliphatic rings. The normalized spacial score (nSPS) is 13.4. The average molecular weight is 422 g/mol. The molecule has 0 aliphatic heterocycles. The lowest BCUT2D eigenvalue weighted by molar-refractivity contribution is 0.0941. The predicted octanol–water partition coefficient (Wildman–Crippen LogP) is 2.60. The molecule has 7 nitrogen and oxygen atoms in total. The number of halogens is 1. The van der Waals surface area contributed by atoms with E-state index in [-0.39, 0.29) is 18.2 Å². The fourth-order valence-corrected chi connectivity index (χ4v) is 3.24. The summed E-state index contributed by atoms with van der Waals surface area (Å²) in [5.41, 5.74) is -0.325. The third-order valence-electron chi connectivity index (χ3n) is 5.28. The van der Waals surface area contributed by atoms with Gasteiger partial charge in [-0.25, -0.2) is 9.18 Å². The minimum Gasteiger partial charge on any atom is -0.348 e. The van der Waals surface area contributed by atoms with Crippen LogP contribution < -0.4 is 16.6 Å². The molecule has 0 radical (unpaired) electrons. The van der Waals surface area contributed by atoms with E-state index in [1.54, 1.807) is 18.2 Å². The Morgan fingerprint density at radius 3 is 2.42 bits per heavy atom. The van der Waals surface area contributed by atoms with E-state index >= 15 is 0 Å². The van der Waals surface area contributed by atoms with Crippen molar-refractivity contribution >= 4 is 5.91 Å².